The van der Waals surface area contributed by atoms with Crippen LogP contribution >= 0.6 is 0 Å². The Labute approximate surface area is 116 Å². The molecule has 2 heterocycles. The number of nitrogens with one attached hydrogen (secondary N) is 1. The van der Waals surface area contributed by atoms with Crippen molar-refractivity contribution >= 4 is 0 Å². The van der Waals surface area contributed by atoms with Crippen molar-refractivity contribution in [1.29, 1.82) is 0 Å². The van der Waals surface area contributed by atoms with Gasteiger partial charge in [-0.1, -0.05) is 19.3 Å². The van der Waals surface area contributed by atoms with E-state index in [4.69, 9.17) is 14.2 Å². The van der Waals surface area contributed by atoms with Crippen molar-refractivity contribution in [3.8, 4) is 0 Å². The van der Waals surface area contributed by atoms with Crippen LogP contribution in [0.15, 0.2) is 0 Å². The smallest absolute Gasteiger partial charge is 0.0933 e. The Bertz CT molecular complexity index is 273. The van der Waals surface area contributed by atoms with Gasteiger partial charge in [-0.3, -0.25) is 0 Å². The van der Waals surface area contributed by atoms with Gasteiger partial charge in [-0.05, 0) is 25.7 Å². The molecule has 2 atom stereocenters. The minimum Gasteiger partial charge on any atom is -0.376 e. The van der Waals surface area contributed by atoms with E-state index in [1.54, 1.807) is 0 Å². The van der Waals surface area contributed by atoms with Gasteiger partial charge in [-0.15, -0.1) is 0 Å². The van der Waals surface area contributed by atoms with Crippen LogP contribution in [0.1, 0.15) is 44.9 Å². The van der Waals surface area contributed by atoms with Gasteiger partial charge >= 0.3 is 0 Å². The van der Waals surface area contributed by atoms with E-state index in [0.717, 1.165) is 32.9 Å². The van der Waals surface area contributed by atoms with Crippen LogP contribution in [0.25, 0.3) is 0 Å². The van der Waals surface area contributed by atoms with E-state index in [2.05, 4.69) is 5.32 Å². The normalized spacial score (nSPS) is 34.7. The third-order valence-electron chi connectivity index (χ3n) is 4.73. The molecule has 0 radical (unpaired) electrons. The fourth-order valence-electron chi connectivity index (χ4n) is 3.66. The largest absolute Gasteiger partial charge is 0.376 e. The highest BCUT2D eigenvalue weighted by Crippen LogP contribution is 2.41. The molecule has 0 aromatic heterocycles. The number of hydrogen-bond donors (Lipinski definition) is 1. The van der Waals surface area contributed by atoms with E-state index < -0.39 is 0 Å². The Morgan fingerprint density at radius 1 is 0.947 bits per heavy atom. The Hall–Kier alpha value is -0.160. The fraction of sp³-hybridized carbons (Fsp3) is 1.00. The van der Waals surface area contributed by atoms with Gasteiger partial charge in [-0.25, -0.2) is 0 Å². The van der Waals surface area contributed by atoms with Gasteiger partial charge in [0.1, 0.15) is 0 Å². The lowest BCUT2D eigenvalue weighted by molar-refractivity contribution is -0.0892. The summed E-state index contributed by atoms with van der Waals surface area (Å²) in [5.41, 5.74) is 0.245. The molecule has 19 heavy (non-hydrogen) atoms. The molecule has 1 N–H and O–H groups in total. The molecule has 0 aromatic carbocycles. The second kappa shape index (κ2) is 6.53. The molecule has 1 aliphatic carbocycles. The fourth-order valence-corrected chi connectivity index (χ4v) is 3.66. The average Bonchev–Trinajstić information content (AvgIpc) is 2.84. The molecule has 2 unspecified atom stereocenters. The van der Waals surface area contributed by atoms with Crippen LogP contribution < -0.4 is 5.32 Å². The maximum atomic E-state index is 6.34. The highest BCUT2D eigenvalue weighted by atomic mass is 16.6. The first-order valence-corrected chi connectivity index (χ1v) is 7.94. The van der Waals surface area contributed by atoms with Gasteiger partial charge in [0.15, 0.2) is 0 Å². The van der Waals surface area contributed by atoms with Crippen molar-refractivity contribution < 1.29 is 14.2 Å². The van der Waals surface area contributed by atoms with Crippen molar-refractivity contribution in [2.24, 2.45) is 0 Å². The number of rotatable bonds is 4. The molecule has 0 amide bonds. The molecule has 0 bridgehead atoms. The Morgan fingerprint density at radius 2 is 1.79 bits per heavy atom. The topological polar surface area (TPSA) is 39.7 Å². The molecule has 4 heteroatoms. The molecular formula is C15H27NO3. The summed E-state index contributed by atoms with van der Waals surface area (Å²) in [6.45, 7) is 4.04. The SMILES string of the molecule is C1CCC2(CC1)CCC(CNCC1COCCO1)O2. The van der Waals surface area contributed by atoms with Crippen molar-refractivity contribution in [3.63, 3.8) is 0 Å². The molecule has 1 spiro atoms. The van der Waals surface area contributed by atoms with Crippen molar-refractivity contribution in [2.45, 2.75) is 62.8 Å². The van der Waals surface area contributed by atoms with Gasteiger partial charge in [0, 0.05) is 13.1 Å². The second-order valence-electron chi connectivity index (χ2n) is 6.25. The molecule has 3 fully saturated rings. The average molecular weight is 269 g/mol. The Kier molecular flexibility index (Phi) is 4.74. The van der Waals surface area contributed by atoms with Crippen LogP contribution in [-0.4, -0.2) is 50.7 Å². The van der Waals surface area contributed by atoms with E-state index in [-0.39, 0.29) is 11.7 Å². The molecule has 4 nitrogen and oxygen atoms in total. The third kappa shape index (κ3) is 3.69. The molecule has 1 saturated carbocycles. The number of ether oxygens (including phenoxy) is 3. The standard InChI is InChI=1S/C15H27NO3/c1-2-5-15(6-3-1)7-4-13(19-15)10-16-11-14-12-17-8-9-18-14/h13-14,16H,1-12H2. The molecule has 3 aliphatic rings. The van der Waals surface area contributed by atoms with Gasteiger partial charge in [0.25, 0.3) is 0 Å². The first kappa shape index (κ1) is 13.8. The first-order chi connectivity index (χ1) is 9.36. The van der Waals surface area contributed by atoms with Crippen LogP contribution in [0.4, 0.5) is 0 Å². The quantitative estimate of drug-likeness (QED) is 0.846. The van der Waals surface area contributed by atoms with Crippen molar-refractivity contribution in [2.75, 3.05) is 32.9 Å². The molecule has 2 aliphatic heterocycles. The maximum absolute atomic E-state index is 6.34. The maximum Gasteiger partial charge on any atom is 0.0933 e. The van der Waals surface area contributed by atoms with Gasteiger partial charge < -0.3 is 19.5 Å². The summed E-state index contributed by atoms with van der Waals surface area (Å²) in [6, 6.07) is 0. The molecule has 0 aromatic rings. The summed E-state index contributed by atoms with van der Waals surface area (Å²) >= 11 is 0. The lowest BCUT2D eigenvalue weighted by Crippen LogP contribution is -2.40. The van der Waals surface area contributed by atoms with E-state index in [1.807, 2.05) is 0 Å². The zero-order valence-corrected chi connectivity index (χ0v) is 11.9. The summed E-state index contributed by atoms with van der Waals surface area (Å²) in [4.78, 5) is 0. The highest BCUT2D eigenvalue weighted by Gasteiger charge is 2.40. The monoisotopic (exact) mass is 269 g/mol. The van der Waals surface area contributed by atoms with E-state index in [1.165, 1.54) is 44.9 Å². The van der Waals surface area contributed by atoms with Gasteiger partial charge in [0.05, 0.1) is 37.6 Å². The van der Waals surface area contributed by atoms with E-state index >= 15 is 0 Å². The van der Waals surface area contributed by atoms with Crippen LogP contribution in [-0.2, 0) is 14.2 Å². The third-order valence-corrected chi connectivity index (χ3v) is 4.73. The number of hydrogen-bond acceptors (Lipinski definition) is 4. The van der Waals surface area contributed by atoms with E-state index in [9.17, 15) is 0 Å². The summed E-state index contributed by atoms with van der Waals surface area (Å²) in [6.07, 6.45) is 9.78. The van der Waals surface area contributed by atoms with Crippen LogP contribution in [0, 0.1) is 0 Å². The minimum absolute atomic E-state index is 0.221. The highest BCUT2D eigenvalue weighted by molar-refractivity contribution is 4.91. The van der Waals surface area contributed by atoms with Crippen molar-refractivity contribution in [3.05, 3.63) is 0 Å². The minimum atomic E-state index is 0.221. The predicted molar refractivity (Wildman–Crippen MR) is 73.4 cm³/mol. The Morgan fingerprint density at radius 3 is 2.58 bits per heavy atom. The molecule has 110 valence electrons. The van der Waals surface area contributed by atoms with Gasteiger partial charge in [0.2, 0.25) is 0 Å². The first-order valence-electron chi connectivity index (χ1n) is 7.94. The van der Waals surface area contributed by atoms with Crippen LogP contribution in [0.2, 0.25) is 0 Å². The summed E-state index contributed by atoms with van der Waals surface area (Å²) in [7, 11) is 0. The lowest BCUT2D eigenvalue weighted by atomic mass is 9.83. The van der Waals surface area contributed by atoms with Crippen LogP contribution in [0.3, 0.4) is 0 Å². The van der Waals surface area contributed by atoms with E-state index in [0.29, 0.717) is 6.10 Å². The summed E-state index contributed by atoms with van der Waals surface area (Å²) in [5.74, 6) is 0. The molecule has 3 rings (SSSR count). The summed E-state index contributed by atoms with van der Waals surface area (Å²) < 4.78 is 17.4. The van der Waals surface area contributed by atoms with Crippen LogP contribution in [0.5, 0.6) is 0 Å². The zero-order valence-electron chi connectivity index (χ0n) is 11.9. The van der Waals surface area contributed by atoms with Crippen molar-refractivity contribution in [1.82, 2.24) is 5.32 Å². The Balaban J connectivity index is 1.35. The second-order valence-corrected chi connectivity index (χ2v) is 6.25. The zero-order chi connectivity index (χ0) is 13.0. The predicted octanol–water partition coefficient (Wildman–Crippen LogP) is 1.87. The molecular weight excluding hydrogens is 242 g/mol. The van der Waals surface area contributed by atoms with Gasteiger partial charge in [-0.2, -0.15) is 0 Å². The molecule has 2 saturated heterocycles. The summed E-state index contributed by atoms with van der Waals surface area (Å²) in [5, 5.41) is 3.49. The lowest BCUT2D eigenvalue weighted by Gasteiger charge is -2.33.